The van der Waals surface area contributed by atoms with Gasteiger partial charge in [0, 0.05) is 42.9 Å². The number of benzene rings is 5. The van der Waals surface area contributed by atoms with Crippen LogP contribution in [0.3, 0.4) is 0 Å². The van der Waals surface area contributed by atoms with Crippen LogP contribution in [-0.2, 0) is 29.2 Å². The molecule has 0 radical (unpaired) electrons. The second-order valence-electron chi connectivity index (χ2n) is 15.4. The van der Waals surface area contributed by atoms with E-state index in [-0.39, 0.29) is 6.10 Å². The molecule has 0 unspecified atom stereocenters. The van der Waals surface area contributed by atoms with Crippen molar-refractivity contribution >= 4 is 11.8 Å². The van der Waals surface area contributed by atoms with E-state index in [1.807, 2.05) is 72.8 Å². The van der Waals surface area contributed by atoms with Gasteiger partial charge in [0.2, 0.25) is 0 Å². The minimum atomic E-state index is -0.390. The number of piperidine rings is 1. The molecule has 1 saturated heterocycles. The summed E-state index contributed by atoms with van der Waals surface area (Å²) >= 11 is 0. The van der Waals surface area contributed by atoms with Crippen LogP contribution in [0, 0.1) is 0 Å². The van der Waals surface area contributed by atoms with Gasteiger partial charge in [0.25, 0.3) is 0 Å². The Hall–Kier alpha value is -4.95. The first-order valence-corrected chi connectivity index (χ1v) is 19.9. The number of carbonyl (C=O) groups is 1. The van der Waals surface area contributed by atoms with Gasteiger partial charge in [-0.15, -0.1) is 0 Å². The Balaban J connectivity index is 0.867. The van der Waals surface area contributed by atoms with Crippen LogP contribution in [-0.4, -0.2) is 69.0 Å². The molecule has 0 bridgehead atoms. The maximum atomic E-state index is 12.8. The molecule has 5 aromatic rings. The molecule has 0 atom stereocenters. The number of nitrogens with zero attached hydrogens (tertiary/aromatic N) is 2. The number of para-hydroxylation sites is 2. The molecule has 1 heterocycles. The molecule has 7 heteroatoms. The number of amides is 1. The van der Waals surface area contributed by atoms with Gasteiger partial charge in [-0.2, -0.15) is 0 Å². The van der Waals surface area contributed by atoms with E-state index >= 15 is 0 Å². The van der Waals surface area contributed by atoms with E-state index in [1.54, 1.807) is 7.11 Å². The molecule has 0 spiro atoms. The van der Waals surface area contributed by atoms with Crippen LogP contribution in [0.2, 0.25) is 0 Å². The highest BCUT2D eigenvalue weighted by molar-refractivity contribution is 5.91. The number of ether oxygens (including phenoxy) is 3. The molecular weight excluding hydrogens is 683 g/mol. The molecule has 0 aromatic heterocycles. The molecular formula is C48H58N3O4+. The van der Waals surface area contributed by atoms with Gasteiger partial charge in [0.15, 0.2) is 0 Å². The van der Waals surface area contributed by atoms with Crippen molar-refractivity contribution in [2.45, 2.75) is 64.3 Å². The minimum absolute atomic E-state index is 0.0814. The SMILES string of the molecule is COc1ccccc1COCCCCCC[N+](C)(C)Cc1ccc(-c2ccc(CN3CCC(OC(=O)Nc4ccccc4-c4ccccc4)CC3)cc2)cc1. The van der Waals surface area contributed by atoms with Crippen molar-refractivity contribution in [1.82, 2.24) is 4.90 Å². The normalized spacial score (nSPS) is 13.7. The summed E-state index contributed by atoms with van der Waals surface area (Å²) in [6, 6.07) is 44.1. The third kappa shape index (κ3) is 12.3. The van der Waals surface area contributed by atoms with Crippen LogP contribution < -0.4 is 10.1 Å². The first-order chi connectivity index (χ1) is 26.8. The second kappa shape index (κ2) is 20.1. The lowest BCUT2D eigenvalue weighted by atomic mass is 10.0. The van der Waals surface area contributed by atoms with Crippen LogP contribution in [0.5, 0.6) is 5.75 Å². The predicted molar refractivity (Wildman–Crippen MR) is 224 cm³/mol. The van der Waals surface area contributed by atoms with Gasteiger partial charge < -0.3 is 18.7 Å². The summed E-state index contributed by atoms with van der Waals surface area (Å²) in [7, 11) is 6.38. The number of anilines is 1. The summed E-state index contributed by atoms with van der Waals surface area (Å²) < 4.78 is 18.2. The summed E-state index contributed by atoms with van der Waals surface area (Å²) in [6.45, 7) is 6.27. The topological polar surface area (TPSA) is 60.0 Å². The summed E-state index contributed by atoms with van der Waals surface area (Å²) in [4.78, 5) is 15.3. The lowest BCUT2D eigenvalue weighted by molar-refractivity contribution is -0.903. The molecule has 0 aliphatic carbocycles. The maximum absolute atomic E-state index is 12.8. The number of rotatable bonds is 18. The van der Waals surface area contributed by atoms with E-state index in [9.17, 15) is 4.79 Å². The van der Waals surface area contributed by atoms with Crippen molar-refractivity contribution in [2.24, 2.45) is 0 Å². The van der Waals surface area contributed by atoms with Crippen molar-refractivity contribution in [2.75, 3.05) is 52.8 Å². The van der Waals surface area contributed by atoms with Crippen molar-refractivity contribution in [3.05, 3.63) is 144 Å². The van der Waals surface area contributed by atoms with Crippen molar-refractivity contribution in [1.29, 1.82) is 0 Å². The number of methoxy groups -OCH3 is 1. The van der Waals surface area contributed by atoms with Gasteiger partial charge in [-0.05, 0) is 66.5 Å². The number of hydrogen-bond donors (Lipinski definition) is 1. The first kappa shape index (κ1) is 39.7. The van der Waals surface area contributed by atoms with Gasteiger partial charge in [0.1, 0.15) is 18.4 Å². The first-order valence-electron chi connectivity index (χ1n) is 19.9. The summed E-state index contributed by atoms with van der Waals surface area (Å²) in [5.74, 6) is 0.894. The average Bonchev–Trinajstić information content (AvgIpc) is 3.21. The Morgan fingerprint density at radius 3 is 2.07 bits per heavy atom. The van der Waals surface area contributed by atoms with E-state index in [0.717, 1.165) is 91.2 Å². The van der Waals surface area contributed by atoms with E-state index in [1.165, 1.54) is 41.5 Å². The third-order valence-electron chi connectivity index (χ3n) is 10.6. The molecule has 7 nitrogen and oxygen atoms in total. The Morgan fingerprint density at radius 1 is 0.709 bits per heavy atom. The van der Waals surface area contributed by atoms with E-state index in [2.05, 4.69) is 78.9 Å². The van der Waals surface area contributed by atoms with Gasteiger partial charge >= 0.3 is 6.09 Å². The molecule has 55 heavy (non-hydrogen) atoms. The Kier molecular flexibility index (Phi) is 14.5. The second-order valence-corrected chi connectivity index (χ2v) is 15.4. The summed E-state index contributed by atoms with van der Waals surface area (Å²) in [6.07, 6.45) is 5.92. The van der Waals surface area contributed by atoms with E-state index in [0.29, 0.717) is 6.61 Å². The predicted octanol–water partition coefficient (Wildman–Crippen LogP) is 10.6. The van der Waals surface area contributed by atoms with Gasteiger partial charge in [-0.25, -0.2) is 4.79 Å². The number of nitrogens with one attached hydrogen (secondary N) is 1. The highest BCUT2D eigenvalue weighted by atomic mass is 16.6. The van der Waals surface area contributed by atoms with Crippen LogP contribution in [0.15, 0.2) is 127 Å². The maximum Gasteiger partial charge on any atom is 0.411 e. The van der Waals surface area contributed by atoms with Crippen molar-refractivity contribution < 1.29 is 23.5 Å². The Morgan fingerprint density at radius 2 is 1.35 bits per heavy atom. The number of quaternary nitrogens is 1. The molecule has 6 rings (SSSR count). The van der Waals surface area contributed by atoms with Crippen LogP contribution in [0.25, 0.3) is 22.3 Å². The zero-order valence-corrected chi connectivity index (χ0v) is 32.9. The smallest absolute Gasteiger partial charge is 0.411 e. The number of unbranched alkanes of at least 4 members (excludes halogenated alkanes) is 3. The lowest BCUT2D eigenvalue weighted by Gasteiger charge is -2.31. The molecule has 1 amide bonds. The summed E-state index contributed by atoms with van der Waals surface area (Å²) in [5, 5.41) is 2.98. The Labute approximate surface area is 328 Å². The Bertz CT molecular complexity index is 1900. The van der Waals surface area contributed by atoms with E-state index in [4.69, 9.17) is 14.2 Å². The number of hydrogen-bond acceptors (Lipinski definition) is 5. The monoisotopic (exact) mass is 740 g/mol. The average molecular weight is 741 g/mol. The molecule has 1 fully saturated rings. The van der Waals surface area contributed by atoms with Crippen LogP contribution in [0.1, 0.15) is 55.2 Å². The standard InChI is InChI=1S/C48H57N3O4/c1-51(2,33-13-4-5-14-34-54-37-43-17-9-12-20-47(43)53-3)36-39-23-27-41(28-24-39)40-25-21-38(22-26-40)35-50-31-29-44(30-32-50)55-48(52)49-46-19-11-10-18-45(46)42-15-7-6-8-16-42/h6-12,15-28,44H,4-5,13-14,29-37H2,1-3H3/p+1. The highest BCUT2D eigenvalue weighted by Crippen LogP contribution is 2.28. The zero-order valence-electron chi connectivity index (χ0n) is 32.9. The van der Waals surface area contributed by atoms with Gasteiger partial charge in [0.05, 0.1) is 40.0 Å². The zero-order chi connectivity index (χ0) is 38.3. The molecule has 1 aliphatic rings. The van der Waals surface area contributed by atoms with E-state index < -0.39 is 6.09 Å². The summed E-state index contributed by atoms with van der Waals surface area (Å²) in [5.41, 5.74) is 9.06. The molecule has 288 valence electrons. The fourth-order valence-electron chi connectivity index (χ4n) is 7.48. The van der Waals surface area contributed by atoms with Crippen LogP contribution >= 0.6 is 0 Å². The quantitative estimate of drug-likeness (QED) is 0.0716. The molecule has 0 saturated carbocycles. The minimum Gasteiger partial charge on any atom is -0.496 e. The van der Waals surface area contributed by atoms with Crippen molar-refractivity contribution in [3.8, 4) is 28.0 Å². The highest BCUT2D eigenvalue weighted by Gasteiger charge is 2.23. The molecule has 1 N–H and O–H groups in total. The van der Waals surface area contributed by atoms with Gasteiger partial charge in [-0.3, -0.25) is 10.2 Å². The third-order valence-corrected chi connectivity index (χ3v) is 10.6. The van der Waals surface area contributed by atoms with Gasteiger partial charge in [-0.1, -0.05) is 122 Å². The van der Waals surface area contributed by atoms with Crippen molar-refractivity contribution in [3.63, 3.8) is 0 Å². The number of carbonyl (C=O) groups excluding carboxylic acids is 1. The molecule has 5 aromatic carbocycles. The lowest BCUT2D eigenvalue weighted by Crippen LogP contribution is -2.39. The fraction of sp³-hybridized carbons (Fsp3) is 0.354. The number of likely N-dealkylation sites (tertiary alicyclic amines) is 1. The molecule has 1 aliphatic heterocycles. The fourth-order valence-corrected chi connectivity index (χ4v) is 7.48. The van der Waals surface area contributed by atoms with Crippen LogP contribution in [0.4, 0.5) is 10.5 Å². The largest absolute Gasteiger partial charge is 0.496 e.